The highest BCUT2D eigenvalue weighted by atomic mass is 16.6. The normalized spacial score (nSPS) is 14.7. The molecule has 0 aromatic rings. The van der Waals surface area contributed by atoms with Crippen LogP contribution in [0.5, 0.6) is 0 Å². The van der Waals surface area contributed by atoms with Crippen LogP contribution in [0.3, 0.4) is 0 Å². The first kappa shape index (κ1) is 17.7. The molecular formula is C13H25NO5. The number of hydrogen-bond donors (Lipinski definition) is 2. The quantitative estimate of drug-likeness (QED) is 0.742. The summed E-state index contributed by atoms with van der Waals surface area (Å²) in [5.74, 6) is -0.876. The fraction of sp³-hybridized carbons (Fsp3) is 0.846. The molecule has 112 valence electrons. The second-order valence-corrected chi connectivity index (χ2v) is 5.61. The lowest BCUT2D eigenvalue weighted by atomic mass is 10.00. The number of alkyl carbamates (subject to hydrolysis) is 1. The Kier molecular flexibility index (Phi) is 6.83. The number of ether oxygens (including phenoxy) is 2. The highest BCUT2D eigenvalue weighted by molar-refractivity contribution is 5.82. The number of amides is 1. The van der Waals surface area contributed by atoms with Crippen LogP contribution in [0.4, 0.5) is 4.79 Å². The zero-order valence-electron chi connectivity index (χ0n) is 12.5. The van der Waals surface area contributed by atoms with Gasteiger partial charge in [0.05, 0.1) is 12.7 Å². The van der Waals surface area contributed by atoms with Crippen LogP contribution in [0, 0.1) is 5.92 Å². The minimum Gasteiger partial charge on any atom is -0.464 e. The van der Waals surface area contributed by atoms with Crippen molar-refractivity contribution in [1.29, 1.82) is 0 Å². The van der Waals surface area contributed by atoms with Gasteiger partial charge in [-0.05, 0) is 33.6 Å². The first-order valence-electron chi connectivity index (χ1n) is 6.42. The van der Waals surface area contributed by atoms with Crippen molar-refractivity contribution in [2.24, 2.45) is 5.92 Å². The number of aliphatic hydroxyl groups is 1. The predicted molar refractivity (Wildman–Crippen MR) is 70.6 cm³/mol. The van der Waals surface area contributed by atoms with Gasteiger partial charge in [0.25, 0.3) is 0 Å². The van der Waals surface area contributed by atoms with E-state index in [9.17, 15) is 14.7 Å². The Hall–Kier alpha value is -1.30. The number of esters is 1. The van der Waals surface area contributed by atoms with Crippen molar-refractivity contribution in [3.63, 3.8) is 0 Å². The first-order valence-corrected chi connectivity index (χ1v) is 6.42. The Morgan fingerprint density at radius 2 is 1.79 bits per heavy atom. The molecule has 2 atom stereocenters. The fourth-order valence-electron chi connectivity index (χ4n) is 1.34. The van der Waals surface area contributed by atoms with Crippen molar-refractivity contribution in [1.82, 2.24) is 5.32 Å². The second-order valence-electron chi connectivity index (χ2n) is 5.61. The van der Waals surface area contributed by atoms with E-state index in [-0.39, 0.29) is 12.5 Å². The molecular weight excluding hydrogens is 250 g/mol. The van der Waals surface area contributed by atoms with Crippen molar-refractivity contribution in [3.8, 4) is 0 Å². The van der Waals surface area contributed by atoms with Crippen LogP contribution < -0.4 is 5.32 Å². The van der Waals surface area contributed by atoms with Crippen molar-refractivity contribution < 1.29 is 24.2 Å². The lowest BCUT2D eigenvalue weighted by molar-refractivity contribution is -0.149. The molecule has 2 N–H and O–H groups in total. The van der Waals surface area contributed by atoms with Crippen LogP contribution in [0.1, 0.15) is 41.5 Å². The van der Waals surface area contributed by atoms with E-state index in [1.54, 1.807) is 41.5 Å². The zero-order valence-corrected chi connectivity index (χ0v) is 12.5. The summed E-state index contributed by atoms with van der Waals surface area (Å²) >= 11 is 0. The average Bonchev–Trinajstić information content (AvgIpc) is 2.22. The summed E-state index contributed by atoms with van der Waals surface area (Å²) in [7, 11) is 0. The van der Waals surface area contributed by atoms with Gasteiger partial charge in [-0.1, -0.05) is 13.8 Å². The number of hydrogen-bond acceptors (Lipinski definition) is 5. The maximum absolute atomic E-state index is 11.7. The number of aliphatic hydroxyl groups excluding tert-OH is 1. The molecule has 0 spiro atoms. The molecule has 0 fully saturated rings. The average molecular weight is 275 g/mol. The predicted octanol–water partition coefficient (Wildman–Crippen LogP) is 1.46. The molecule has 6 heteroatoms. The molecule has 0 rings (SSSR count). The Balaban J connectivity index is 4.76. The highest BCUT2D eigenvalue weighted by Crippen LogP contribution is 2.11. The van der Waals surface area contributed by atoms with Crippen LogP contribution in [-0.2, 0) is 14.3 Å². The lowest BCUT2D eigenvalue weighted by Gasteiger charge is -2.27. The van der Waals surface area contributed by atoms with Crippen LogP contribution in [0.2, 0.25) is 0 Å². The van der Waals surface area contributed by atoms with Crippen LogP contribution in [-0.4, -0.2) is 41.5 Å². The number of carbonyl (C=O) groups excluding carboxylic acids is 2. The van der Waals surface area contributed by atoms with Gasteiger partial charge in [0.1, 0.15) is 5.60 Å². The summed E-state index contributed by atoms with van der Waals surface area (Å²) < 4.78 is 9.89. The van der Waals surface area contributed by atoms with Crippen molar-refractivity contribution in [2.75, 3.05) is 6.61 Å². The van der Waals surface area contributed by atoms with E-state index in [4.69, 9.17) is 9.47 Å². The van der Waals surface area contributed by atoms with Crippen molar-refractivity contribution in [3.05, 3.63) is 0 Å². The van der Waals surface area contributed by atoms with E-state index in [2.05, 4.69) is 5.32 Å². The standard InChI is InChI=1S/C13H25NO5/c1-7-18-11(16)9(10(15)8(2)3)14-12(17)19-13(4,5)6/h8-10,15H,7H2,1-6H3,(H,14,17)/t9-,10+/m1/s1. The summed E-state index contributed by atoms with van der Waals surface area (Å²) in [6, 6.07) is -1.13. The van der Waals surface area contributed by atoms with Gasteiger partial charge in [-0.2, -0.15) is 0 Å². The molecule has 0 aromatic carbocycles. The maximum atomic E-state index is 11.7. The third kappa shape index (κ3) is 7.00. The molecule has 0 saturated carbocycles. The van der Waals surface area contributed by atoms with Crippen molar-refractivity contribution in [2.45, 2.75) is 59.3 Å². The van der Waals surface area contributed by atoms with Gasteiger partial charge in [-0.15, -0.1) is 0 Å². The molecule has 0 aliphatic heterocycles. The number of rotatable bonds is 5. The molecule has 19 heavy (non-hydrogen) atoms. The van der Waals surface area contributed by atoms with Gasteiger partial charge in [-0.3, -0.25) is 0 Å². The van der Waals surface area contributed by atoms with Gasteiger partial charge >= 0.3 is 12.1 Å². The Labute approximate surface area is 114 Å². The molecule has 1 amide bonds. The van der Waals surface area contributed by atoms with E-state index in [1.807, 2.05) is 0 Å². The third-order valence-corrected chi connectivity index (χ3v) is 2.24. The Morgan fingerprint density at radius 1 is 1.26 bits per heavy atom. The van der Waals surface area contributed by atoms with E-state index in [0.717, 1.165) is 0 Å². The van der Waals surface area contributed by atoms with E-state index in [0.29, 0.717) is 0 Å². The smallest absolute Gasteiger partial charge is 0.408 e. The number of carbonyl (C=O) groups is 2. The van der Waals surface area contributed by atoms with E-state index >= 15 is 0 Å². The maximum Gasteiger partial charge on any atom is 0.408 e. The van der Waals surface area contributed by atoms with Gasteiger partial charge in [0.15, 0.2) is 6.04 Å². The van der Waals surface area contributed by atoms with Gasteiger partial charge in [0.2, 0.25) is 0 Å². The van der Waals surface area contributed by atoms with E-state index < -0.39 is 29.8 Å². The number of nitrogens with one attached hydrogen (secondary N) is 1. The molecule has 0 bridgehead atoms. The monoisotopic (exact) mass is 275 g/mol. The molecule has 0 radical (unpaired) electrons. The largest absolute Gasteiger partial charge is 0.464 e. The fourth-order valence-corrected chi connectivity index (χ4v) is 1.34. The van der Waals surface area contributed by atoms with Crippen LogP contribution in [0.25, 0.3) is 0 Å². The summed E-state index contributed by atoms with van der Waals surface area (Å²) in [5.41, 5.74) is -0.675. The Bertz CT molecular complexity index is 309. The highest BCUT2D eigenvalue weighted by Gasteiger charge is 2.33. The molecule has 0 heterocycles. The molecule has 6 nitrogen and oxygen atoms in total. The van der Waals surface area contributed by atoms with Gasteiger partial charge < -0.3 is 19.9 Å². The summed E-state index contributed by atoms with van der Waals surface area (Å²) in [6.45, 7) is 10.5. The van der Waals surface area contributed by atoms with Crippen LogP contribution in [0.15, 0.2) is 0 Å². The third-order valence-electron chi connectivity index (χ3n) is 2.24. The molecule has 0 aromatic heterocycles. The molecule has 0 saturated heterocycles. The lowest BCUT2D eigenvalue weighted by Crippen LogP contribution is -2.52. The summed E-state index contributed by atoms with van der Waals surface area (Å²) in [6.07, 6.45) is -1.79. The molecule has 0 unspecified atom stereocenters. The van der Waals surface area contributed by atoms with Gasteiger partial charge in [0, 0.05) is 0 Å². The first-order chi connectivity index (χ1) is 8.58. The topological polar surface area (TPSA) is 84.9 Å². The molecule has 0 aliphatic rings. The minimum absolute atomic E-state index is 0.177. The van der Waals surface area contributed by atoms with Gasteiger partial charge in [-0.25, -0.2) is 9.59 Å². The minimum atomic E-state index is -1.13. The Morgan fingerprint density at radius 3 is 2.16 bits per heavy atom. The van der Waals surface area contributed by atoms with Crippen molar-refractivity contribution >= 4 is 12.1 Å². The summed E-state index contributed by atoms with van der Waals surface area (Å²) in [5, 5.41) is 12.3. The molecule has 0 aliphatic carbocycles. The SMILES string of the molecule is CCOC(=O)[C@H](NC(=O)OC(C)(C)C)[C@@H](O)C(C)C. The zero-order chi connectivity index (χ0) is 15.2. The van der Waals surface area contributed by atoms with E-state index in [1.165, 1.54) is 0 Å². The summed E-state index contributed by atoms with van der Waals surface area (Å²) in [4.78, 5) is 23.4. The van der Waals surface area contributed by atoms with Crippen LogP contribution >= 0.6 is 0 Å². The second kappa shape index (κ2) is 7.33.